The van der Waals surface area contributed by atoms with Crippen molar-refractivity contribution < 1.29 is 19.3 Å². The van der Waals surface area contributed by atoms with E-state index < -0.39 is 6.10 Å². The van der Waals surface area contributed by atoms with Crippen LogP contribution in [0.5, 0.6) is 11.5 Å². The summed E-state index contributed by atoms with van der Waals surface area (Å²) in [5.74, 6) is 1.25. The van der Waals surface area contributed by atoms with E-state index in [0.29, 0.717) is 18.1 Å². The van der Waals surface area contributed by atoms with E-state index in [4.69, 9.17) is 14.2 Å². The van der Waals surface area contributed by atoms with Crippen molar-refractivity contribution >= 4 is 0 Å². The molecule has 1 N–H and O–H groups in total. The monoisotopic (exact) mass is 316 g/mol. The highest BCUT2D eigenvalue weighted by molar-refractivity contribution is 5.45. The highest BCUT2D eigenvalue weighted by atomic mass is 16.5. The van der Waals surface area contributed by atoms with Crippen LogP contribution in [0.15, 0.2) is 42.5 Å². The van der Waals surface area contributed by atoms with Crippen LogP contribution in [-0.4, -0.2) is 25.4 Å². The number of rotatable bonds is 7. The first-order valence-corrected chi connectivity index (χ1v) is 7.65. The average molecular weight is 316 g/mol. The summed E-state index contributed by atoms with van der Waals surface area (Å²) in [7, 11) is 3.17. The molecule has 4 heteroatoms. The van der Waals surface area contributed by atoms with Crippen LogP contribution in [0.25, 0.3) is 0 Å². The predicted octanol–water partition coefficient (Wildman–Crippen LogP) is 3.71. The molecule has 4 nitrogen and oxygen atoms in total. The molecular formula is C19H24O4. The average Bonchev–Trinajstić information content (AvgIpc) is 2.59. The smallest absolute Gasteiger partial charge is 0.161 e. The molecule has 124 valence electrons. The van der Waals surface area contributed by atoms with Crippen LogP contribution >= 0.6 is 0 Å². The van der Waals surface area contributed by atoms with Crippen molar-refractivity contribution in [2.24, 2.45) is 0 Å². The van der Waals surface area contributed by atoms with Gasteiger partial charge in [0, 0.05) is 0 Å². The molecular weight excluding hydrogens is 292 g/mol. The van der Waals surface area contributed by atoms with Crippen molar-refractivity contribution in [2.75, 3.05) is 14.2 Å². The van der Waals surface area contributed by atoms with Crippen LogP contribution in [0.2, 0.25) is 0 Å². The van der Waals surface area contributed by atoms with Gasteiger partial charge in [-0.2, -0.15) is 0 Å². The molecule has 0 fully saturated rings. The number of hydrogen-bond acceptors (Lipinski definition) is 4. The molecule has 23 heavy (non-hydrogen) atoms. The Hall–Kier alpha value is -2.04. The van der Waals surface area contributed by atoms with Crippen molar-refractivity contribution in [1.29, 1.82) is 0 Å². The maximum Gasteiger partial charge on any atom is 0.161 e. The van der Waals surface area contributed by atoms with Gasteiger partial charge in [0.15, 0.2) is 11.5 Å². The Labute approximate surface area is 137 Å². The van der Waals surface area contributed by atoms with Crippen molar-refractivity contribution in [3.05, 3.63) is 59.2 Å². The standard InChI is InChI=1S/C19H24O4/c1-13(2)23-12-14-5-7-15(8-6-14)19(20)16-9-10-17(21-3)18(11-16)22-4/h5-11,13,19-20H,12H2,1-4H3. The molecule has 0 aliphatic rings. The number of hydrogen-bond donors (Lipinski definition) is 1. The highest BCUT2D eigenvalue weighted by Gasteiger charge is 2.13. The minimum atomic E-state index is -0.713. The molecule has 2 aromatic rings. The van der Waals surface area contributed by atoms with Gasteiger partial charge < -0.3 is 19.3 Å². The molecule has 0 bridgehead atoms. The van der Waals surface area contributed by atoms with Crippen LogP contribution in [-0.2, 0) is 11.3 Å². The van der Waals surface area contributed by atoms with Crippen LogP contribution in [0.3, 0.4) is 0 Å². The molecule has 0 aliphatic carbocycles. The molecule has 1 unspecified atom stereocenters. The summed E-state index contributed by atoms with van der Waals surface area (Å²) in [5, 5.41) is 10.6. The van der Waals surface area contributed by atoms with Gasteiger partial charge in [0.05, 0.1) is 26.9 Å². The summed E-state index contributed by atoms with van der Waals surface area (Å²) in [4.78, 5) is 0. The SMILES string of the molecule is COc1ccc(C(O)c2ccc(COC(C)C)cc2)cc1OC. The van der Waals surface area contributed by atoms with Crippen LogP contribution in [0, 0.1) is 0 Å². The first-order chi connectivity index (χ1) is 11.0. The lowest BCUT2D eigenvalue weighted by atomic mass is 10.00. The molecule has 0 amide bonds. The van der Waals surface area contributed by atoms with Crippen molar-refractivity contribution in [3.63, 3.8) is 0 Å². The molecule has 0 saturated heterocycles. The normalized spacial score (nSPS) is 12.3. The molecule has 2 aromatic carbocycles. The maximum absolute atomic E-state index is 10.6. The lowest BCUT2D eigenvalue weighted by molar-refractivity contribution is 0.0657. The second-order valence-electron chi connectivity index (χ2n) is 5.62. The molecule has 0 saturated carbocycles. The molecule has 1 atom stereocenters. The zero-order chi connectivity index (χ0) is 16.8. The fourth-order valence-electron chi connectivity index (χ4n) is 2.27. The second-order valence-corrected chi connectivity index (χ2v) is 5.62. The van der Waals surface area contributed by atoms with Gasteiger partial charge in [-0.15, -0.1) is 0 Å². The summed E-state index contributed by atoms with van der Waals surface area (Å²) in [6.45, 7) is 4.59. The zero-order valence-electron chi connectivity index (χ0n) is 14.1. The zero-order valence-corrected chi connectivity index (χ0v) is 14.1. The van der Waals surface area contributed by atoms with Gasteiger partial charge in [-0.1, -0.05) is 30.3 Å². The van der Waals surface area contributed by atoms with E-state index in [9.17, 15) is 5.11 Å². The molecule has 2 rings (SSSR count). The predicted molar refractivity (Wildman–Crippen MR) is 90.0 cm³/mol. The Bertz CT molecular complexity index is 620. The minimum Gasteiger partial charge on any atom is -0.493 e. The van der Waals surface area contributed by atoms with Crippen molar-refractivity contribution in [2.45, 2.75) is 32.7 Å². The van der Waals surface area contributed by atoms with Gasteiger partial charge in [-0.3, -0.25) is 0 Å². The van der Waals surface area contributed by atoms with E-state index in [0.717, 1.165) is 16.7 Å². The summed E-state index contributed by atoms with van der Waals surface area (Å²) >= 11 is 0. The number of aliphatic hydroxyl groups excluding tert-OH is 1. The number of aliphatic hydroxyl groups is 1. The first-order valence-electron chi connectivity index (χ1n) is 7.65. The van der Waals surface area contributed by atoms with E-state index in [1.807, 2.05) is 44.2 Å². The number of methoxy groups -OCH3 is 2. The summed E-state index contributed by atoms with van der Waals surface area (Å²) in [6.07, 6.45) is -0.512. The third kappa shape index (κ3) is 4.47. The lowest BCUT2D eigenvalue weighted by Gasteiger charge is -2.15. The fourth-order valence-corrected chi connectivity index (χ4v) is 2.27. The highest BCUT2D eigenvalue weighted by Crippen LogP contribution is 2.32. The summed E-state index contributed by atoms with van der Waals surface area (Å²) in [5.41, 5.74) is 2.67. The molecule has 0 radical (unpaired) electrons. The van der Waals surface area contributed by atoms with Gasteiger partial charge in [0.2, 0.25) is 0 Å². The molecule has 0 aliphatic heterocycles. The van der Waals surface area contributed by atoms with E-state index in [-0.39, 0.29) is 6.10 Å². The van der Waals surface area contributed by atoms with Gasteiger partial charge in [0.25, 0.3) is 0 Å². The third-order valence-corrected chi connectivity index (χ3v) is 3.60. The topological polar surface area (TPSA) is 47.9 Å². The van der Waals surface area contributed by atoms with Gasteiger partial charge >= 0.3 is 0 Å². The van der Waals surface area contributed by atoms with E-state index >= 15 is 0 Å². The van der Waals surface area contributed by atoms with Gasteiger partial charge in [0.1, 0.15) is 6.10 Å². The van der Waals surface area contributed by atoms with Crippen LogP contribution < -0.4 is 9.47 Å². The molecule has 0 heterocycles. The summed E-state index contributed by atoms with van der Waals surface area (Å²) in [6, 6.07) is 13.2. The largest absolute Gasteiger partial charge is 0.493 e. The third-order valence-electron chi connectivity index (χ3n) is 3.60. The first kappa shape index (κ1) is 17.3. The Kier molecular flexibility index (Phi) is 6.02. The maximum atomic E-state index is 10.6. The molecule has 0 spiro atoms. The number of benzene rings is 2. The van der Waals surface area contributed by atoms with E-state index in [1.165, 1.54) is 0 Å². The van der Waals surface area contributed by atoms with Crippen LogP contribution in [0.1, 0.15) is 36.6 Å². The Morgan fingerprint density at radius 2 is 1.48 bits per heavy atom. The Morgan fingerprint density at radius 1 is 0.870 bits per heavy atom. The van der Waals surface area contributed by atoms with E-state index in [1.54, 1.807) is 26.4 Å². The Morgan fingerprint density at radius 3 is 2.04 bits per heavy atom. The van der Waals surface area contributed by atoms with Crippen LogP contribution in [0.4, 0.5) is 0 Å². The Balaban J connectivity index is 2.15. The van der Waals surface area contributed by atoms with Crippen molar-refractivity contribution in [1.82, 2.24) is 0 Å². The van der Waals surface area contributed by atoms with E-state index in [2.05, 4.69) is 0 Å². The minimum absolute atomic E-state index is 0.201. The number of ether oxygens (including phenoxy) is 3. The second kappa shape index (κ2) is 7.99. The quantitative estimate of drug-likeness (QED) is 0.846. The fraction of sp³-hybridized carbons (Fsp3) is 0.368. The van der Waals surface area contributed by atoms with Crippen molar-refractivity contribution in [3.8, 4) is 11.5 Å². The lowest BCUT2D eigenvalue weighted by Crippen LogP contribution is -2.03. The van der Waals surface area contributed by atoms with Gasteiger partial charge in [-0.05, 0) is 42.7 Å². The van der Waals surface area contributed by atoms with Gasteiger partial charge in [-0.25, -0.2) is 0 Å². The summed E-state index contributed by atoms with van der Waals surface area (Å²) < 4.78 is 16.1. The molecule has 0 aromatic heterocycles.